The van der Waals surface area contributed by atoms with Gasteiger partial charge < -0.3 is 10.3 Å². The summed E-state index contributed by atoms with van der Waals surface area (Å²) < 4.78 is 0. The third kappa shape index (κ3) is 2.32. The van der Waals surface area contributed by atoms with Crippen molar-refractivity contribution in [2.75, 3.05) is 5.32 Å². The number of anilines is 1. The number of H-pyrrole nitrogens is 1. The molecule has 112 valence electrons. The molecule has 0 unspecified atom stereocenters. The summed E-state index contributed by atoms with van der Waals surface area (Å²) in [7, 11) is 0. The minimum Gasteiger partial charge on any atom is -0.365 e. The van der Waals surface area contributed by atoms with Crippen molar-refractivity contribution in [2.24, 2.45) is 0 Å². The highest BCUT2D eigenvalue weighted by atomic mass is 15.1. The average molecular weight is 293 g/mol. The highest BCUT2D eigenvalue weighted by Crippen LogP contribution is 2.27. The molecule has 3 aromatic rings. The Bertz CT molecular complexity index is 802. The first-order chi connectivity index (χ1) is 10.8. The van der Waals surface area contributed by atoms with Crippen LogP contribution in [0, 0.1) is 6.92 Å². The number of benzene rings is 1. The van der Waals surface area contributed by atoms with E-state index in [0.29, 0.717) is 11.7 Å². The predicted octanol–water partition coefficient (Wildman–Crippen LogP) is 3.68. The summed E-state index contributed by atoms with van der Waals surface area (Å²) in [5.41, 5.74) is 3.84. The van der Waals surface area contributed by atoms with Gasteiger partial charge >= 0.3 is 0 Å². The summed E-state index contributed by atoms with van der Waals surface area (Å²) in [4.78, 5) is 16.9. The van der Waals surface area contributed by atoms with Gasteiger partial charge in [-0.25, -0.2) is 15.0 Å². The number of aromatic amines is 1. The van der Waals surface area contributed by atoms with Crippen molar-refractivity contribution in [1.82, 2.24) is 19.9 Å². The zero-order chi connectivity index (χ0) is 14.9. The first-order valence-corrected chi connectivity index (χ1v) is 7.85. The fraction of sp³-hybridized carbons (Fsp3) is 0.353. The van der Waals surface area contributed by atoms with Crippen molar-refractivity contribution in [3.8, 4) is 11.4 Å². The average Bonchev–Trinajstić information content (AvgIpc) is 3.18. The van der Waals surface area contributed by atoms with Crippen LogP contribution in [0.25, 0.3) is 22.6 Å². The molecule has 0 saturated heterocycles. The molecule has 0 atom stereocenters. The van der Waals surface area contributed by atoms with E-state index in [1.54, 1.807) is 6.33 Å². The van der Waals surface area contributed by atoms with Crippen molar-refractivity contribution in [1.29, 1.82) is 0 Å². The van der Waals surface area contributed by atoms with E-state index in [1.807, 2.05) is 12.1 Å². The van der Waals surface area contributed by atoms with Crippen molar-refractivity contribution < 1.29 is 0 Å². The van der Waals surface area contributed by atoms with E-state index in [1.165, 1.54) is 31.2 Å². The molecule has 2 N–H and O–H groups in total. The Hall–Kier alpha value is -2.43. The van der Waals surface area contributed by atoms with E-state index in [-0.39, 0.29) is 0 Å². The Morgan fingerprint density at radius 2 is 1.95 bits per heavy atom. The van der Waals surface area contributed by atoms with Crippen molar-refractivity contribution >= 4 is 17.0 Å². The SMILES string of the molecule is Cc1ccccc1-c1nc(NC2CCCC2)c2[nH]cnc2n1. The van der Waals surface area contributed by atoms with Crippen LogP contribution in [0.15, 0.2) is 30.6 Å². The van der Waals surface area contributed by atoms with E-state index in [0.717, 1.165) is 22.7 Å². The normalized spacial score (nSPS) is 15.5. The number of aryl methyl sites for hydroxylation is 1. The number of rotatable bonds is 3. The van der Waals surface area contributed by atoms with Crippen LogP contribution in [-0.4, -0.2) is 26.0 Å². The van der Waals surface area contributed by atoms with Gasteiger partial charge in [-0.15, -0.1) is 0 Å². The summed E-state index contributed by atoms with van der Waals surface area (Å²) >= 11 is 0. The molecule has 1 aromatic carbocycles. The summed E-state index contributed by atoms with van der Waals surface area (Å²) in [5, 5.41) is 3.58. The fourth-order valence-corrected chi connectivity index (χ4v) is 3.15. The number of nitrogens with one attached hydrogen (secondary N) is 2. The molecule has 0 aliphatic heterocycles. The van der Waals surface area contributed by atoms with Gasteiger partial charge in [0, 0.05) is 11.6 Å². The molecule has 5 heteroatoms. The zero-order valence-corrected chi connectivity index (χ0v) is 12.6. The smallest absolute Gasteiger partial charge is 0.183 e. The van der Waals surface area contributed by atoms with Crippen molar-refractivity contribution in [3.05, 3.63) is 36.2 Å². The lowest BCUT2D eigenvalue weighted by Crippen LogP contribution is -2.16. The Labute approximate surface area is 129 Å². The van der Waals surface area contributed by atoms with E-state index in [9.17, 15) is 0 Å². The molecule has 4 rings (SSSR count). The van der Waals surface area contributed by atoms with Gasteiger partial charge in [0.25, 0.3) is 0 Å². The molecule has 1 aliphatic rings. The minimum absolute atomic E-state index is 0.506. The van der Waals surface area contributed by atoms with E-state index in [2.05, 4.69) is 39.3 Å². The number of hydrogen-bond acceptors (Lipinski definition) is 4. The number of hydrogen-bond donors (Lipinski definition) is 2. The Morgan fingerprint density at radius 1 is 1.14 bits per heavy atom. The van der Waals surface area contributed by atoms with E-state index < -0.39 is 0 Å². The third-order valence-electron chi connectivity index (χ3n) is 4.37. The van der Waals surface area contributed by atoms with Crippen LogP contribution in [0.5, 0.6) is 0 Å². The van der Waals surface area contributed by atoms with Gasteiger partial charge in [0.05, 0.1) is 6.33 Å². The third-order valence-corrected chi connectivity index (χ3v) is 4.37. The summed E-state index contributed by atoms with van der Waals surface area (Å²) in [6.07, 6.45) is 6.68. The Balaban J connectivity index is 1.81. The lowest BCUT2D eigenvalue weighted by Gasteiger charge is -2.14. The molecule has 5 nitrogen and oxygen atoms in total. The number of nitrogens with zero attached hydrogens (tertiary/aromatic N) is 3. The van der Waals surface area contributed by atoms with Crippen LogP contribution in [0.3, 0.4) is 0 Å². The Morgan fingerprint density at radius 3 is 2.77 bits per heavy atom. The van der Waals surface area contributed by atoms with Crippen LogP contribution in [-0.2, 0) is 0 Å². The van der Waals surface area contributed by atoms with Crippen LogP contribution in [0.1, 0.15) is 31.2 Å². The fourth-order valence-electron chi connectivity index (χ4n) is 3.15. The zero-order valence-electron chi connectivity index (χ0n) is 12.6. The lowest BCUT2D eigenvalue weighted by atomic mass is 10.1. The second-order valence-electron chi connectivity index (χ2n) is 5.94. The topological polar surface area (TPSA) is 66.5 Å². The number of imidazole rings is 1. The molecule has 0 amide bonds. The molecule has 0 spiro atoms. The molecular formula is C17H19N5. The van der Waals surface area contributed by atoms with Crippen LogP contribution in [0.4, 0.5) is 5.82 Å². The molecule has 0 bridgehead atoms. The molecule has 2 aromatic heterocycles. The maximum Gasteiger partial charge on any atom is 0.183 e. The van der Waals surface area contributed by atoms with E-state index in [4.69, 9.17) is 4.98 Å². The molecule has 22 heavy (non-hydrogen) atoms. The number of aromatic nitrogens is 4. The maximum atomic E-state index is 4.77. The largest absolute Gasteiger partial charge is 0.365 e. The van der Waals surface area contributed by atoms with Crippen LogP contribution < -0.4 is 5.32 Å². The standard InChI is InChI=1S/C17H19N5/c1-11-6-2-5-9-13(11)15-21-16-14(18-10-19-16)17(22-15)20-12-7-3-4-8-12/h2,5-6,9-10,12H,3-4,7-8H2,1H3,(H2,18,19,20,21,22). The summed E-state index contributed by atoms with van der Waals surface area (Å²) in [6.45, 7) is 2.08. The molecule has 1 aliphatic carbocycles. The summed E-state index contributed by atoms with van der Waals surface area (Å²) in [5.74, 6) is 1.60. The van der Waals surface area contributed by atoms with E-state index >= 15 is 0 Å². The first-order valence-electron chi connectivity index (χ1n) is 7.85. The van der Waals surface area contributed by atoms with Gasteiger partial charge in [0.2, 0.25) is 0 Å². The van der Waals surface area contributed by atoms with Gasteiger partial charge in [-0.05, 0) is 25.3 Å². The highest BCUT2D eigenvalue weighted by Gasteiger charge is 2.18. The quantitative estimate of drug-likeness (QED) is 0.773. The van der Waals surface area contributed by atoms with Gasteiger partial charge in [-0.1, -0.05) is 37.1 Å². The second kappa shape index (κ2) is 5.40. The second-order valence-corrected chi connectivity index (χ2v) is 5.94. The lowest BCUT2D eigenvalue weighted by molar-refractivity contribution is 0.751. The van der Waals surface area contributed by atoms with Crippen molar-refractivity contribution in [3.63, 3.8) is 0 Å². The molecular weight excluding hydrogens is 274 g/mol. The van der Waals surface area contributed by atoms with Gasteiger partial charge in [-0.2, -0.15) is 0 Å². The molecule has 1 saturated carbocycles. The minimum atomic E-state index is 0.506. The molecule has 0 radical (unpaired) electrons. The first kappa shape index (κ1) is 13.2. The number of fused-ring (bicyclic) bond motifs is 1. The molecule has 1 fully saturated rings. The van der Waals surface area contributed by atoms with Crippen LogP contribution >= 0.6 is 0 Å². The van der Waals surface area contributed by atoms with Gasteiger partial charge in [-0.3, -0.25) is 0 Å². The van der Waals surface area contributed by atoms with Crippen molar-refractivity contribution in [2.45, 2.75) is 38.6 Å². The molecule has 2 heterocycles. The van der Waals surface area contributed by atoms with Gasteiger partial charge in [0.15, 0.2) is 17.3 Å². The highest BCUT2D eigenvalue weighted by molar-refractivity contribution is 5.85. The predicted molar refractivity (Wildman–Crippen MR) is 87.7 cm³/mol. The Kier molecular flexibility index (Phi) is 3.25. The van der Waals surface area contributed by atoms with Gasteiger partial charge in [0.1, 0.15) is 5.52 Å². The van der Waals surface area contributed by atoms with Crippen LogP contribution in [0.2, 0.25) is 0 Å². The summed E-state index contributed by atoms with van der Waals surface area (Å²) in [6, 6.07) is 8.69. The monoisotopic (exact) mass is 293 g/mol. The maximum absolute atomic E-state index is 4.77.